The van der Waals surface area contributed by atoms with Crippen LogP contribution in [0.15, 0.2) is 36.4 Å². The highest BCUT2D eigenvalue weighted by atomic mass is 16.5. The quantitative estimate of drug-likeness (QED) is 0.0477. The van der Waals surface area contributed by atoms with Crippen molar-refractivity contribution in [2.24, 2.45) is 11.8 Å². The Balaban J connectivity index is 2.10. The molecule has 2 unspecified atom stereocenters. The number of ketones is 5. The van der Waals surface area contributed by atoms with Crippen LogP contribution in [0.4, 0.5) is 0 Å². The van der Waals surface area contributed by atoms with Crippen molar-refractivity contribution in [1.82, 2.24) is 0 Å². The minimum atomic E-state index is -1.49. The van der Waals surface area contributed by atoms with E-state index in [1.165, 1.54) is 52.0 Å². The molecular formula is C57H86O13. The Hall–Kier alpha value is -4.43. The summed E-state index contributed by atoms with van der Waals surface area (Å²) in [5.74, 6) is -3.90. The highest BCUT2D eigenvalue weighted by Gasteiger charge is 2.36. The number of aromatic carboxylic acids is 2. The smallest absolute Gasteiger partial charge is 0.336 e. The zero-order valence-corrected chi connectivity index (χ0v) is 44.6. The van der Waals surface area contributed by atoms with Gasteiger partial charge in [0.1, 0.15) is 22.4 Å². The third-order valence-corrected chi connectivity index (χ3v) is 13.4. The number of benzene rings is 2. The summed E-state index contributed by atoms with van der Waals surface area (Å²) in [5, 5.41) is 20.1. The standard InChI is InChI=1S/C57H86O13/c1-13-17-25-39(15-3)37-69-54(5,6)47(58)27-21-19-23-33-67-56(9,10)50(61)45-35-41(29-31-43(45)52(63)64)49(60)42-30-32-44(53(65)66)46(36-42)51(62)57(11,12)68-34-24-20-22-28-48(59)55(7,8)70-38-40(16-4)26-18-14-2/h29-32,35-36,39-40H,13-28,33-34,37-38H2,1-12H3,(H,63,64)(H,65,66). The van der Waals surface area contributed by atoms with Crippen LogP contribution in [-0.2, 0) is 28.5 Å². The second kappa shape index (κ2) is 29.2. The van der Waals surface area contributed by atoms with E-state index >= 15 is 0 Å². The number of rotatable bonds is 38. The summed E-state index contributed by atoms with van der Waals surface area (Å²) in [6.07, 6.45) is 12.9. The average molecular weight is 979 g/mol. The maximum atomic E-state index is 14.0. The molecule has 392 valence electrons. The Bertz CT molecular complexity index is 1920. The first-order valence-electron chi connectivity index (χ1n) is 25.8. The number of ether oxygens (including phenoxy) is 4. The Kier molecular flexibility index (Phi) is 25.7. The van der Waals surface area contributed by atoms with Gasteiger partial charge in [0, 0.05) is 48.3 Å². The van der Waals surface area contributed by atoms with Crippen molar-refractivity contribution in [1.29, 1.82) is 0 Å². The topological polar surface area (TPSA) is 197 Å². The highest BCUT2D eigenvalue weighted by molar-refractivity contribution is 6.16. The van der Waals surface area contributed by atoms with Gasteiger partial charge in [0.15, 0.2) is 28.9 Å². The molecule has 0 aromatic heterocycles. The average Bonchev–Trinajstić information content (AvgIpc) is 3.32. The number of carbonyl (C=O) groups is 7. The molecule has 13 heteroatoms. The molecule has 0 saturated carbocycles. The maximum Gasteiger partial charge on any atom is 0.336 e. The Morgan fingerprint density at radius 3 is 1.13 bits per heavy atom. The van der Waals surface area contributed by atoms with Crippen molar-refractivity contribution in [3.8, 4) is 0 Å². The molecule has 0 saturated heterocycles. The Morgan fingerprint density at radius 1 is 0.457 bits per heavy atom. The number of unbranched alkanes of at least 4 members (excludes halogenated alkanes) is 6. The van der Waals surface area contributed by atoms with Gasteiger partial charge in [-0.2, -0.15) is 0 Å². The summed E-state index contributed by atoms with van der Waals surface area (Å²) < 4.78 is 24.1. The van der Waals surface area contributed by atoms with Gasteiger partial charge in [-0.25, -0.2) is 9.59 Å². The van der Waals surface area contributed by atoms with E-state index in [0.29, 0.717) is 76.4 Å². The van der Waals surface area contributed by atoms with E-state index < -0.39 is 51.7 Å². The van der Waals surface area contributed by atoms with Crippen molar-refractivity contribution < 1.29 is 62.7 Å². The SMILES string of the molecule is CCCCC(CC)COC(C)(C)C(=O)CCCCCOC(C)(C)C(=O)c1cc(C(=O)c2ccc(C(=O)O)c(C(=O)C(C)(C)OCCCCCC(=O)C(C)(C)OCC(CC)CCCC)c2)ccc1C(=O)O. The molecule has 2 atom stereocenters. The molecule has 0 bridgehead atoms. The van der Waals surface area contributed by atoms with Crippen LogP contribution in [0, 0.1) is 11.8 Å². The monoisotopic (exact) mass is 979 g/mol. The van der Waals surface area contributed by atoms with E-state index in [-0.39, 0.29) is 58.2 Å². The summed E-state index contributed by atoms with van der Waals surface area (Å²) in [6.45, 7) is 23.3. The van der Waals surface area contributed by atoms with Crippen LogP contribution < -0.4 is 0 Å². The van der Waals surface area contributed by atoms with Crippen LogP contribution in [0.1, 0.15) is 243 Å². The minimum absolute atomic E-state index is 0.0244. The molecule has 0 aliphatic carbocycles. The molecule has 0 fully saturated rings. The van der Waals surface area contributed by atoms with Crippen molar-refractivity contribution in [2.45, 2.75) is 208 Å². The van der Waals surface area contributed by atoms with Gasteiger partial charge < -0.3 is 29.2 Å². The van der Waals surface area contributed by atoms with Crippen LogP contribution in [0.25, 0.3) is 0 Å². The summed E-state index contributed by atoms with van der Waals surface area (Å²) in [5.41, 5.74) is -6.06. The number of hydrogen-bond donors (Lipinski definition) is 2. The zero-order valence-electron chi connectivity index (χ0n) is 44.6. The molecule has 0 aliphatic rings. The molecule has 2 N–H and O–H groups in total. The third kappa shape index (κ3) is 19.3. The van der Waals surface area contributed by atoms with Crippen molar-refractivity contribution in [2.75, 3.05) is 26.4 Å². The third-order valence-electron chi connectivity index (χ3n) is 13.4. The summed E-state index contributed by atoms with van der Waals surface area (Å²) in [7, 11) is 0. The molecule has 0 heterocycles. The molecule has 13 nitrogen and oxygen atoms in total. The minimum Gasteiger partial charge on any atom is -0.478 e. The zero-order chi connectivity index (χ0) is 52.9. The maximum absolute atomic E-state index is 14.0. The van der Waals surface area contributed by atoms with Gasteiger partial charge in [0.05, 0.1) is 24.3 Å². The Morgan fingerprint density at radius 2 is 0.814 bits per heavy atom. The molecule has 70 heavy (non-hydrogen) atoms. The number of carboxylic acid groups (broad SMARTS) is 2. The van der Waals surface area contributed by atoms with Gasteiger partial charge in [-0.05, 0) is 130 Å². The first-order valence-corrected chi connectivity index (χ1v) is 25.8. The number of Topliss-reactive ketones (excluding diaryl/α,β-unsaturated/α-hetero) is 4. The molecule has 2 aromatic rings. The fourth-order valence-corrected chi connectivity index (χ4v) is 8.06. The number of carboxylic acids is 2. The lowest BCUT2D eigenvalue weighted by atomic mass is 9.88. The predicted octanol–water partition coefficient (Wildman–Crippen LogP) is 12.6. The van der Waals surface area contributed by atoms with E-state index in [1.807, 2.05) is 27.7 Å². The number of hydrogen-bond acceptors (Lipinski definition) is 11. The second-order valence-electron chi connectivity index (χ2n) is 20.8. The lowest BCUT2D eigenvalue weighted by molar-refractivity contribution is -0.142. The normalized spacial score (nSPS) is 13.2. The molecule has 2 rings (SSSR count). The predicted molar refractivity (Wildman–Crippen MR) is 273 cm³/mol. The van der Waals surface area contributed by atoms with E-state index in [0.717, 1.165) is 63.5 Å². The lowest BCUT2D eigenvalue weighted by Crippen LogP contribution is -2.37. The molecule has 0 amide bonds. The largest absolute Gasteiger partial charge is 0.478 e. The molecule has 2 aromatic carbocycles. The van der Waals surface area contributed by atoms with Crippen molar-refractivity contribution >= 4 is 40.9 Å². The van der Waals surface area contributed by atoms with E-state index in [9.17, 15) is 43.8 Å². The fraction of sp³-hybridized carbons (Fsp3) is 0.667. The number of carbonyl (C=O) groups excluding carboxylic acids is 5. The fourth-order valence-electron chi connectivity index (χ4n) is 8.06. The van der Waals surface area contributed by atoms with Gasteiger partial charge in [-0.3, -0.25) is 24.0 Å². The first-order chi connectivity index (χ1) is 32.8. The van der Waals surface area contributed by atoms with E-state index in [2.05, 4.69) is 27.7 Å². The van der Waals surface area contributed by atoms with Crippen LogP contribution in [0.3, 0.4) is 0 Å². The van der Waals surface area contributed by atoms with Crippen LogP contribution in [-0.4, -0.2) is 99.9 Å². The summed E-state index contributed by atoms with van der Waals surface area (Å²) in [6, 6.07) is 7.19. The lowest BCUT2D eigenvalue weighted by Gasteiger charge is -2.27. The van der Waals surface area contributed by atoms with Crippen LogP contribution >= 0.6 is 0 Å². The molecular weight excluding hydrogens is 893 g/mol. The van der Waals surface area contributed by atoms with E-state index in [1.54, 1.807) is 0 Å². The summed E-state index contributed by atoms with van der Waals surface area (Å²) >= 11 is 0. The second-order valence-corrected chi connectivity index (χ2v) is 20.8. The molecule has 0 spiro atoms. The van der Waals surface area contributed by atoms with Gasteiger partial charge >= 0.3 is 11.9 Å². The molecule has 0 aliphatic heterocycles. The van der Waals surface area contributed by atoms with Gasteiger partial charge in [-0.1, -0.05) is 91.2 Å². The highest BCUT2D eigenvalue weighted by Crippen LogP contribution is 2.28. The first kappa shape index (κ1) is 61.7. The van der Waals surface area contributed by atoms with Crippen molar-refractivity contribution in [3.05, 3.63) is 69.8 Å². The van der Waals surface area contributed by atoms with Gasteiger partial charge in [-0.15, -0.1) is 0 Å². The summed E-state index contributed by atoms with van der Waals surface area (Å²) in [4.78, 5) is 92.7. The van der Waals surface area contributed by atoms with Crippen molar-refractivity contribution in [3.63, 3.8) is 0 Å². The van der Waals surface area contributed by atoms with Crippen LogP contribution in [0.5, 0.6) is 0 Å². The van der Waals surface area contributed by atoms with Gasteiger partial charge in [0.25, 0.3) is 0 Å². The Labute approximate surface area is 418 Å². The van der Waals surface area contributed by atoms with Gasteiger partial charge in [0.2, 0.25) is 0 Å². The molecule has 0 radical (unpaired) electrons. The van der Waals surface area contributed by atoms with E-state index in [4.69, 9.17) is 18.9 Å². The van der Waals surface area contributed by atoms with Crippen LogP contribution in [0.2, 0.25) is 0 Å².